The summed E-state index contributed by atoms with van der Waals surface area (Å²) >= 11 is 5.79. The van der Waals surface area contributed by atoms with Crippen LogP contribution in [0.2, 0.25) is 5.02 Å². The van der Waals surface area contributed by atoms with E-state index in [1.54, 1.807) is 36.4 Å². The van der Waals surface area contributed by atoms with Crippen molar-refractivity contribution in [1.82, 2.24) is 0 Å². The van der Waals surface area contributed by atoms with Gasteiger partial charge in [-0.15, -0.1) is 0 Å². The monoisotopic (exact) mass is 258 g/mol. The molecule has 0 saturated heterocycles. The van der Waals surface area contributed by atoms with Gasteiger partial charge in [-0.1, -0.05) is 17.7 Å². The fourth-order valence-corrected chi connectivity index (χ4v) is 1.64. The maximum Gasteiger partial charge on any atom is 0.145 e. The molecule has 4 heteroatoms. The molecule has 2 N–H and O–H groups in total. The van der Waals surface area contributed by atoms with Gasteiger partial charge in [-0.3, -0.25) is 0 Å². The van der Waals surface area contributed by atoms with Crippen molar-refractivity contribution in [3.8, 4) is 17.6 Å². The lowest BCUT2D eigenvalue weighted by Gasteiger charge is -2.08. The van der Waals surface area contributed by atoms with Crippen molar-refractivity contribution in [2.75, 3.05) is 0 Å². The molecular weight excluding hydrogens is 248 g/mol. The Labute approximate surface area is 110 Å². The van der Waals surface area contributed by atoms with E-state index in [2.05, 4.69) is 6.07 Å². The molecule has 0 aromatic heterocycles. The quantitative estimate of drug-likeness (QED) is 0.917. The summed E-state index contributed by atoms with van der Waals surface area (Å²) in [6, 6.07) is 14.4. The van der Waals surface area contributed by atoms with Crippen LogP contribution in [0.5, 0.6) is 11.5 Å². The van der Waals surface area contributed by atoms with Crippen molar-refractivity contribution in [1.29, 1.82) is 5.26 Å². The van der Waals surface area contributed by atoms with Crippen molar-refractivity contribution in [2.45, 2.75) is 6.54 Å². The van der Waals surface area contributed by atoms with Crippen LogP contribution in [0.4, 0.5) is 0 Å². The molecule has 0 radical (unpaired) electrons. The maximum absolute atomic E-state index is 9.07. The molecule has 2 aromatic rings. The summed E-state index contributed by atoms with van der Waals surface area (Å²) in [5, 5.41) is 9.71. The van der Waals surface area contributed by atoms with Crippen LogP contribution < -0.4 is 10.5 Å². The Morgan fingerprint density at radius 3 is 2.50 bits per heavy atom. The molecule has 90 valence electrons. The molecule has 0 bridgehead atoms. The third kappa shape index (κ3) is 2.80. The van der Waals surface area contributed by atoms with E-state index < -0.39 is 0 Å². The standard InChI is InChI=1S/C14H11ClN2O/c15-12-2-4-13(5-3-12)18-14-6-1-10(8-16)7-11(14)9-17/h1-7H,8,16H2. The van der Waals surface area contributed by atoms with Crippen molar-refractivity contribution < 1.29 is 4.74 Å². The van der Waals surface area contributed by atoms with Crippen LogP contribution in [0, 0.1) is 11.3 Å². The first-order valence-corrected chi connectivity index (χ1v) is 5.77. The first kappa shape index (κ1) is 12.4. The molecule has 0 aliphatic carbocycles. The molecule has 0 atom stereocenters. The van der Waals surface area contributed by atoms with Crippen molar-refractivity contribution in [2.24, 2.45) is 5.73 Å². The van der Waals surface area contributed by atoms with Crippen LogP contribution in [0.3, 0.4) is 0 Å². The van der Waals surface area contributed by atoms with E-state index in [0.29, 0.717) is 28.6 Å². The van der Waals surface area contributed by atoms with Crippen LogP contribution in [0.1, 0.15) is 11.1 Å². The van der Waals surface area contributed by atoms with Gasteiger partial charge in [0.05, 0.1) is 5.56 Å². The summed E-state index contributed by atoms with van der Waals surface area (Å²) in [6.45, 7) is 0.399. The molecule has 0 amide bonds. The molecule has 2 aromatic carbocycles. The highest BCUT2D eigenvalue weighted by Crippen LogP contribution is 2.26. The van der Waals surface area contributed by atoms with Gasteiger partial charge in [-0.25, -0.2) is 0 Å². The summed E-state index contributed by atoms with van der Waals surface area (Å²) in [6.07, 6.45) is 0. The summed E-state index contributed by atoms with van der Waals surface area (Å²) in [5.74, 6) is 1.15. The van der Waals surface area contributed by atoms with E-state index in [-0.39, 0.29) is 0 Å². The first-order chi connectivity index (χ1) is 8.72. The molecule has 3 nitrogen and oxygen atoms in total. The average molecular weight is 259 g/mol. The molecule has 0 aliphatic rings. The minimum absolute atomic E-state index is 0.399. The fourth-order valence-electron chi connectivity index (χ4n) is 1.51. The van der Waals surface area contributed by atoms with E-state index in [0.717, 1.165) is 5.56 Å². The number of benzene rings is 2. The van der Waals surface area contributed by atoms with Crippen molar-refractivity contribution in [3.63, 3.8) is 0 Å². The van der Waals surface area contributed by atoms with Gasteiger partial charge >= 0.3 is 0 Å². The van der Waals surface area contributed by atoms with E-state index >= 15 is 0 Å². The highest BCUT2D eigenvalue weighted by Gasteiger charge is 2.05. The lowest BCUT2D eigenvalue weighted by molar-refractivity contribution is 0.481. The lowest BCUT2D eigenvalue weighted by Crippen LogP contribution is -1.97. The number of ether oxygens (including phenoxy) is 1. The topological polar surface area (TPSA) is 59.0 Å². The summed E-state index contributed by atoms with van der Waals surface area (Å²) < 4.78 is 5.63. The SMILES string of the molecule is N#Cc1cc(CN)ccc1Oc1ccc(Cl)cc1. The molecule has 0 fully saturated rings. The van der Waals surface area contributed by atoms with Gasteiger partial charge in [-0.05, 0) is 42.0 Å². The number of rotatable bonds is 3. The molecule has 18 heavy (non-hydrogen) atoms. The highest BCUT2D eigenvalue weighted by molar-refractivity contribution is 6.30. The zero-order chi connectivity index (χ0) is 13.0. The van der Waals surface area contributed by atoms with Gasteiger partial charge in [0, 0.05) is 11.6 Å². The van der Waals surface area contributed by atoms with Crippen LogP contribution >= 0.6 is 11.6 Å². The first-order valence-electron chi connectivity index (χ1n) is 5.39. The molecule has 0 aliphatic heterocycles. The Kier molecular flexibility index (Phi) is 3.83. The molecule has 2 rings (SSSR count). The minimum Gasteiger partial charge on any atom is -0.456 e. The van der Waals surface area contributed by atoms with Gasteiger partial charge in [-0.2, -0.15) is 5.26 Å². The number of hydrogen-bond acceptors (Lipinski definition) is 3. The molecule has 0 unspecified atom stereocenters. The second-order valence-corrected chi connectivity index (χ2v) is 4.14. The minimum atomic E-state index is 0.399. The Bertz CT molecular complexity index is 588. The zero-order valence-corrected chi connectivity index (χ0v) is 10.3. The number of halogens is 1. The van der Waals surface area contributed by atoms with Gasteiger partial charge < -0.3 is 10.5 Å². The van der Waals surface area contributed by atoms with E-state index in [1.807, 2.05) is 6.07 Å². The third-order valence-corrected chi connectivity index (χ3v) is 2.69. The number of nitrogens with two attached hydrogens (primary N) is 1. The summed E-state index contributed by atoms with van der Waals surface area (Å²) in [4.78, 5) is 0. The Morgan fingerprint density at radius 1 is 1.17 bits per heavy atom. The number of nitriles is 1. The molecule has 0 spiro atoms. The average Bonchev–Trinajstić information content (AvgIpc) is 2.41. The maximum atomic E-state index is 9.07. The summed E-state index contributed by atoms with van der Waals surface area (Å²) in [7, 11) is 0. The predicted molar refractivity (Wildman–Crippen MR) is 70.6 cm³/mol. The van der Waals surface area contributed by atoms with E-state index in [4.69, 9.17) is 27.3 Å². The Balaban J connectivity index is 2.29. The summed E-state index contributed by atoms with van der Waals surface area (Å²) in [5.41, 5.74) is 6.89. The number of nitrogens with zero attached hydrogens (tertiary/aromatic N) is 1. The van der Waals surface area contributed by atoms with E-state index in [1.165, 1.54) is 0 Å². The molecule has 0 saturated carbocycles. The largest absolute Gasteiger partial charge is 0.456 e. The molecular formula is C14H11ClN2O. The van der Waals surface area contributed by atoms with Crippen LogP contribution in [-0.4, -0.2) is 0 Å². The number of hydrogen-bond donors (Lipinski definition) is 1. The zero-order valence-electron chi connectivity index (χ0n) is 9.56. The molecule has 0 heterocycles. The van der Waals surface area contributed by atoms with Crippen molar-refractivity contribution >= 4 is 11.6 Å². The van der Waals surface area contributed by atoms with Gasteiger partial charge in [0.1, 0.15) is 17.6 Å². The smallest absolute Gasteiger partial charge is 0.145 e. The van der Waals surface area contributed by atoms with Gasteiger partial charge in [0.25, 0.3) is 0 Å². The Morgan fingerprint density at radius 2 is 1.89 bits per heavy atom. The third-order valence-electron chi connectivity index (χ3n) is 2.44. The van der Waals surface area contributed by atoms with Crippen LogP contribution in [0.15, 0.2) is 42.5 Å². The second kappa shape index (κ2) is 5.54. The highest BCUT2D eigenvalue weighted by atomic mass is 35.5. The van der Waals surface area contributed by atoms with Gasteiger partial charge in [0.2, 0.25) is 0 Å². The lowest BCUT2D eigenvalue weighted by atomic mass is 10.1. The van der Waals surface area contributed by atoms with Crippen molar-refractivity contribution in [3.05, 3.63) is 58.6 Å². The van der Waals surface area contributed by atoms with Gasteiger partial charge in [0.15, 0.2) is 0 Å². The van der Waals surface area contributed by atoms with Crippen LogP contribution in [-0.2, 0) is 6.54 Å². The normalized spacial score (nSPS) is 9.83. The predicted octanol–water partition coefficient (Wildman–Crippen LogP) is 3.46. The second-order valence-electron chi connectivity index (χ2n) is 3.70. The fraction of sp³-hybridized carbons (Fsp3) is 0.0714. The van der Waals surface area contributed by atoms with E-state index in [9.17, 15) is 0 Å². The Hall–Kier alpha value is -2.02. The van der Waals surface area contributed by atoms with Crippen LogP contribution in [0.25, 0.3) is 0 Å².